The van der Waals surface area contributed by atoms with E-state index in [4.69, 9.17) is 9.40 Å². The molecule has 0 aliphatic heterocycles. The molecule has 0 bridgehead atoms. The Balaban J connectivity index is 1.77. The fourth-order valence-corrected chi connectivity index (χ4v) is 5.61. The van der Waals surface area contributed by atoms with Gasteiger partial charge < -0.3 is 14.3 Å². The van der Waals surface area contributed by atoms with Gasteiger partial charge in [-0.1, -0.05) is 32.0 Å². The number of fused-ring (bicyclic) bond motifs is 1. The second-order valence-corrected chi connectivity index (χ2v) is 11.5. The molecule has 0 aliphatic rings. The first kappa shape index (κ1) is 29.7. The Morgan fingerprint density at radius 2 is 1.85 bits per heavy atom. The number of aryl methyl sites for hydroxylation is 2. The molecule has 2 heterocycles. The number of rotatable bonds is 10. The number of carbonyl (C=O) groups excluding carboxylic acids is 1. The maximum absolute atomic E-state index is 13.0. The molecular weight excluding hydrogens is 613 g/mol. The molecule has 13 heteroatoms. The molecule has 40 heavy (non-hydrogen) atoms. The maximum atomic E-state index is 13.0. The second-order valence-electron chi connectivity index (χ2n) is 9.04. The van der Waals surface area contributed by atoms with Gasteiger partial charge in [0.05, 0.1) is 15.9 Å². The Labute approximate surface area is 238 Å². The third-order valence-corrected chi connectivity index (χ3v) is 8.12. The SMILES string of the molecule is CCCc1nc(CC)c(C(=O)NCC)n1Cc1ccc2oc(-c3ccccc3NS(=O)(=O)C(F)(F)F)c(Br)c2c1. The second kappa shape index (κ2) is 11.7. The molecule has 2 N–H and O–H groups in total. The molecular formula is C27H28BrF3N4O4S. The summed E-state index contributed by atoms with van der Waals surface area (Å²) in [5, 5.41) is 3.50. The van der Waals surface area contributed by atoms with Gasteiger partial charge in [0.2, 0.25) is 0 Å². The first-order valence-electron chi connectivity index (χ1n) is 12.7. The Hall–Kier alpha value is -3.32. The average Bonchev–Trinajstić information content (AvgIpc) is 3.41. The highest BCUT2D eigenvalue weighted by Gasteiger charge is 2.46. The van der Waals surface area contributed by atoms with E-state index in [0.717, 1.165) is 23.5 Å². The van der Waals surface area contributed by atoms with Crippen molar-refractivity contribution in [2.24, 2.45) is 0 Å². The van der Waals surface area contributed by atoms with Gasteiger partial charge in [0.15, 0.2) is 5.76 Å². The molecule has 214 valence electrons. The van der Waals surface area contributed by atoms with Crippen molar-refractivity contribution >= 4 is 48.5 Å². The number of anilines is 1. The minimum absolute atomic E-state index is 0.130. The van der Waals surface area contributed by atoms with Crippen LogP contribution in [0.25, 0.3) is 22.3 Å². The highest BCUT2D eigenvalue weighted by atomic mass is 79.9. The lowest BCUT2D eigenvalue weighted by atomic mass is 10.1. The van der Waals surface area contributed by atoms with Gasteiger partial charge in [0.1, 0.15) is 17.1 Å². The lowest BCUT2D eigenvalue weighted by molar-refractivity contribution is -0.0429. The summed E-state index contributed by atoms with van der Waals surface area (Å²) in [5.41, 5.74) is -3.10. The Morgan fingerprint density at radius 1 is 1.12 bits per heavy atom. The number of carbonyl (C=O) groups is 1. The highest BCUT2D eigenvalue weighted by molar-refractivity contribution is 9.10. The van der Waals surface area contributed by atoms with Crippen molar-refractivity contribution in [1.29, 1.82) is 0 Å². The van der Waals surface area contributed by atoms with Crippen LogP contribution in [-0.2, 0) is 29.4 Å². The van der Waals surface area contributed by atoms with E-state index in [9.17, 15) is 26.4 Å². The normalized spacial score (nSPS) is 12.2. The third-order valence-electron chi connectivity index (χ3n) is 6.23. The van der Waals surface area contributed by atoms with Gasteiger partial charge >= 0.3 is 15.5 Å². The van der Waals surface area contributed by atoms with Crippen molar-refractivity contribution in [3.63, 3.8) is 0 Å². The molecule has 0 radical (unpaired) electrons. The van der Waals surface area contributed by atoms with Crippen LogP contribution in [0, 0.1) is 0 Å². The van der Waals surface area contributed by atoms with Gasteiger partial charge in [0, 0.05) is 30.5 Å². The summed E-state index contributed by atoms with van der Waals surface area (Å²) in [6, 6.07) is 11.1. The van der Waals surface area contributed by atoms with Crippen molar-refractivity contribution in [1.82, 2.24) is 14.9 Å². The number of hydrogen-bond acceptors (Lipinski definition) is 5. The van der Waals surface area contributed by atoms with E-state index in [2.05, 4.69) is 21.2 Å². The standard InChI is InChI=1S/C27H28BrF3N4O4S/c1-4-9-22-33-19(5-2)24(26(36)32-6-3)35(22)15-16-12-13-21-18(14-16)23(28)25(39-21)17-10-7-8-11-20(17)34-40(37,38)27(29,30)31/h7-8,10-14,34H,4-6,9,15H2,1-3H3,(H,32,36). The number of furan rings is 1. The summed E-state index contributed by atoms with van der Waals surface area (Å²) in [6.07, 6.45) is 2.14. The van der Waals surface area contributed by atoms with Crippen LogP contribution in [-0.4, -0.2) is 35.9 Å². The number of sulfonamides is 1. The summed E-state index contributed by atoms with van der Waals surface area (Å²) in [7, 11) is -5.64. The number of nitrogens with one attached hydrogen (secondary N) is 2. The first-order valence-corrected chi connectivity index (χ1v) is 14.9. The first-order chi connectivity index (χ1) is 18.9. The minimum Gasteiger partial charge on any atom is -0.455 e. The van der Waals surface area contributed by atoms with E-state index in [-0.39, 0.29) is 22.9 Å². The van der Waals surface area contributed by atoms with E-state index < -0.39 is 15.5 Å². The fourth-order valence-electron chi connectivity index (χ4n) is 4.42. The number of halogens is 4. The van der Waals surface area contributed by atoms with Crippen LogP contribution in [0.1, 0.15) is 54.8 Å². The minimum atomic E-state index is -5.64. The van der Waals surface area contributed by atoms with Gasteiger partial charge in [0.25, 0.3) is 5.91 Å². The van der Waals surface area contributed by atoms with E-state index in [1.165, 1.54) is 18.2 Å². The largest absolute Gasteiger partial charge is 0.516 e. The quantitative estimate of drug-likeness (QED) is 0.202. The molecule has 0 fully saturated rings. The van der Waals surface area contributed by atoms with Crippen molar-refractivity contribution in [3.05, 3.63) is 69.7 Å². The van der Waals surface area contributed by atoms with Gasteiger partial charge in [-0.05, 0) is 65.5 Å². The zero-order valence-corrected chi connectivity index (χ0v) is 24.4. The third kappa shape index (κ3) is 5.75. The number of aromatic nitrogens is 2. The molecule has 0 saturated carbocycles. The summed E-state index contributed by atoms with van der Waals surface area (Å²) in [6.45, 7) is 6.69. The van der Waals surface area contributed by atoms with Crippen LogP contribution in [0.4, 0.5) is 18.9 Å². The van der Waals surface area contributed by atoms with E-state index in [1.807, 2.05) is 37.5 Å². The molecule has 2 aromatic heterocycles. The van der Waals surface area contributed by atoms with E-state index >= 15 is 0 Å². The molecule has 4 rings (SSSR count). The van der Waals surface area contributed by atoms with Crippen LogP contribution in [0.5, 0.6) is 0 Å². The molecule has 1 amide bonds. The van der Waals surface area contributed by atoms with Gasteiger partial charge in [-0.3, -0.25) is 9.52 Å². The highest BCUT2D eigenvalue weighted by Crippen LogP contribution is 2.42. The smallest absolute Gasteiger partial charge is 0.455 e. The number of benzene rings is 2. The Bertz CT molecular complexity index is 1660. The lowest BCUT2D eigenvalue weighted by Crippen LogP contribution is -2.30. The molecule has 0 saturated heterocycles. The maximum Gasteiger partial charge on any atom is 0.516 e. The van der Waals surface area contributed by atoms with E-state index in [0.29, 0.717) is 47.1 Å². The van der Waals surface area contributed by atoms with Crippen molar-refractivity contribution in [2.45, 2.75) is 52.1 Å². The number of para-hydroxylation sites is 1. The molecule has 4 aromatic rings. The monoisotopic (exact) mass is 640 g/mol. The molecule has 0 atom stereocenters. The average molecular weight is 642 g/mol. The predicted octanol–water partition coefficient (Wildman–Crippen LogP) is 6.63. The zero-order chi connectivity index (χ0) is 29.2. The van der Waals surface area contributed by atoms with Crippen LogP contribution < -0.4 is 10.0 Å². The summed E-state index contributed by atoms with van der Waals surface area (Å²) in [5.74, 6) is 0.775. The number of amides is 1. The topological polar surface area (TPSA) is 106 Å². The summed E-state index contributed by atoms with van der Waals surface area (Å²) in [4.78, 5) is 17.7. The Kier molecular flexibility index (Phi) is 8.64. The van der Waals surface area contributed by atoms with Gasteiger partial charge in [-0.25, -0.2) is 4.98 Å². The van der Waals surface area contributed by atoms with Crippen molar-refractivity contribution < 1.29 is 30.8 Å². The summed E-state index contributed by atoms with van der Waals surface area (Å²) >= 11 is 3.50. The fraction of sp³-hybridized carbons (Fsp3) is 0.333. The van der Waals surface area contributed by atoms with Gasteiger partial charge in [-0.15, -0.1) is 0 Å². The van der Waals surface area contributed by atoms with Crippen LogP contribution in [0.2, 0.25) is 0 Å². The number of nitrogens with zero attached hydrogens (tertiary/aromatic N) is 2. The molecule has 0 unspecified atom stereocenters. The number of alkyl halides is 3. The summed E-state index contributed by atoms with van der Waals surface area (Å²) < 4.78 is 72.6. The van der Waals surface area contributed by atoms with Crippen LogP contribution in [0.15, 0.2) is 51.4 Å². The lowest BCUT2D eigenvalue weighted by Gasteiger charge is -2.13. The molecule has 0 spiro atoms. The Morgan fingerprint density at radius 3 is 2.50 bits per heavy atom. The predicted molar refractivity (Wildman–Crippen MR) is 151 cm³/mol. The van der Waals surface area contributed by atoms with Gasteiger partial charge in [-0.2, -0.15) is 21.6 Å². The van der Waals surface area contributed by atoms with Crippen molar-refractivity contribution in [3.8, 4) is 11.3 Å². The van der Waals surface area contributed by atoms with Crippen LogP contribution in [0.3, 0.4) is 0 Å². The number of imidazole rings is 1. The number of hydrogen-bond donors (Lipinski definition) is 2. The molecule has 8 nitrogen and oxygen atoms in total. The van der Waals surface area contributed by atoms with Crippen LogP contribution >= 0.6 is 15.9 Å². The molecule has 0 aliphatic carbocycles. The zero-order valence-electron chi connectivity index (χ0n) is 22.0. The van der Waals surface area contributed by atoms with E-state index in [1.54, 1.807) is 16.9 Å². The van der Waals surface area contributed by atoms with Crippen molar-refractivity contribution in [2.75, 3.05) is 11.3 Å². The molecule has 2 aromatic carbocycles.